The monoisotopic (exact) mass is 475 g/mol. The highest BCUT2D eigenvalue weighted by Crippen LogP contribution is 2.70. The van der Waals surface area contributed by atoms with Crippen LogP contribution in [-0.2, 0) is 12.0 Å². The summed E-state index contributed by atoms with van der Waals surface area (Å²) < 4.78 is 13.4. The number of halogens is 1. The first-order chi connectivity index (χ1) is 17.6. The van der Waals surface area contributed by atoms with Crippen LogP contribution < -0.4 is 5.32 Å². The van der Waals surface area contributed by atoms with Crippen LogP contribution in [0.1, 0.15) is 33.7 Å². The molecule has 2 fully saturated rings. The summed E-state index contributed by atoms with van der Waals surface area (Å²) in [4.78, 5) is 2.59. The Bertz CT molecular complexity index is 1380. The van der Waals surface area contributed by atoms with Crippen molar-refractivity contribution in [1.29, 1.82) is 5.41 Å². The molecular weight excluding hydrogens is 445 g/mol. The normalized spacial score (nSPS) is 22.7. The number of likely N-dealkylation sites (tertiary alicyclic amines) is 1. The Morgan fingerprint density at radius 1 is 0.972 bits per heavy atom. The maximum Gasteiger partial charge on any atom is 0.123 e. The maximum absolute atomic E-state index is 13.4. The molecule has 2 N–H and O–H groups in total. The van der Waals surface area contributed by atoms with Crippen LogP contribution in [0.2, 0.25) is 0 Å². The molecule has 1 aliphatic carbocycles. The second-order valence-electron chi connectivity index (χ2n) is 10.2. The third-order valence-corrected chi connectivity index (χ3v) is 8.03. The molecule has 0 amide bonds. The number of anilines is 2. The largest absolute Gasteiger partial charge is 0.355 e. The number of hydrogen-bond acceptors (Lipinski definition) is 3. The van der Waals surface area contributed by atoms with Gasteiger partial charge in [-0.15, -0.1) is 0 Å². The molecule has 1 heterocycles. The van der Waals surface area contributed by atoms with Gasteiger partial charge < -0.3 is 10.7 Å². The van der Waals surface area contributed by atoms with E-state index in [1.54, 1.807) is 12.1 Å². The Labute approximate surface area is 212 Å². The quantitative estimate of drug-likeness (QED) is 0.281. The van der Waals surface area contributed by atoms with E-state index >= 15 is 0 Å². The Morgan fingerprint density at radius 3 is 2.36 bits per heavy atom. The third kappa shape index (κ3) is 3.92. The molecule has 180 valence electrons. The first-order valence-corrected chi connectivity index (χ1v) is 12.6. The number of nitrogens with one attached hydrogen (secondary N) is 2. The molecule has 4 aromatic rings. The van der Waals surface area contributed by atoms with Crippen molar-refractivity contribution in [3.63, 3.8) is 0 Å². The van der Waals surface area contributed by atoms with Crippen LogP contribution in [0.3, 0.4) is 0 Å². The lowest BCUT2D eigenvalue weighted by Gasteiger charge is -2.26. The zero-order valence-corrected chi connectivity index (χ0v) is 20.4. The highest BCUT2D eigenvalue weighted by Gasteiger charge is 2.70. The van der Waals surface area contributed by atoms with E-state index in [9.17, 15) is 4.39 Å². The van der Waals surface area contributed by atoms with E-state index in [4.69, 9.17) is 5.41 Å². The number of aryl methyl sites for hydroxylation is 1. The summed E-state index contributed by atoms with van der Waals surface area (Å²) in [5, 5.41) is 11.6. The van der Waals surface area contributed by atoms with Crippen LogP contribution in [0.25, 0.3) is 0 Å². The molecule has 3 nitrogen and oxygen atoms in total. The van der Waals surface area contributed by atoms with Crippen LogP contribution in [0.5, 0.6) is 0 Å². The average Bonchev–Trinajstić information content (AvgIpc) is 3.36. The Hall–Kier alpha value is -3.76. The van der Waals surface area contributed by atoms with Gasteiger partial charge in [-0.05, 0) is 71.5 Å². The molecule has 2 aliphatic rings. The van der Waals surface area contributed by atoms with E-state index in [0.29, 0.717) is 11.8 Å². The van der Waals surface area contributed by atoms with E-state index in [0.717, 1.165) is 36.6 Å². The molecule has 0 radical (unpaired) electrons. The van der Waals surface area contributed by atoms with E-state index < -0.39 is 0 Å². The standard InChI is InChI=1S/C32H30FN3/c1-22-16-30(35-27-14-12-26(33)13-15-27)25(18-34)17-28(22)32-21-36(19-23-8-4-2-5-9-23)20-29(32)31(32)24-10-6-3-7-11-24/h2-18,29,31,34-35H,19-21H2,1H3. The van der Waals surface area contributed by atoms with Gasteiger partial charge in [-0.2, -0.15) is 0 Å². The van der Waals surface area contributed by atoms with Crippen LogP contribution in [0.4, 0.5) is 15.8 Å². The van der Waals surface area contributed by atoms with Gasteiger partial charge in [0.15, 0.2) is 0 Å². The van der Waals surface area contributed by atoms with Crippen LogP contribution >= 0.6 is 0 Å². The fraction of sp³-hybridized carbons (Fsp3) is 0.219. The van der Waals surface area contributed by atoms with E-state index in [-0.39, 0.29) is 11.2 Å². The highest BCUT2D eigenvalue weighted by atomic mass is 19.1. The zero-order valence-electron chi connectivity index (χ0n) is 20.4. The third-order valence-electron chi connectivity index (χ3n) is 8.03. The lowest BCUT2D eigenvalue weighted by molar-refractivity contribution is 0.282. The van der Waals surface area contributed by atoms with E-state index in [1.807, 2.05) is 0 Å². The van der Waals surface area contributed by atoms with Gasteiger partial charge in [0.05, 0.1) is 0 Å². The Balaban J connectivity index is 1.36. The lowest BCUT2D eigenvalue weighted by atomic mass is 9.85. The molecule has 4 aromatic carbocycles. The summed E-state index contributed by atoms with van der Waals surface area (Å²) in [5.74, 6) is 0.780. The Kier molecular flexibility index (Phi) is 5.69. The molecule has 4 heteroatoms. The Morgan fingerprint density at radius 2 is 1.67 bits per heavy atom. The molecular formula is C32H30FN3. The number of piperidine rings is 1. The number of benzene rings is 4. The number of rotatable bonds is 7. The van der Waals surface area contributed by atoms with Crippen molar-refractivity contribution < 1.29 is 4.39 Å². The number of fused-ring (bicyclic) bond motifs is 1. The van der Waals surface area contributed by atoms with Crippen molar-refractivity contribution in [3.8, 4) is 0 Å². The predicted octanol–water partition coefficient (Wildman–Crippen LogP) is 7.04. The molecule has 1 saturated carbocycles. The van der Waals surface area contributed by atoms with Crippen molar-refractivity contribution in [2.45, 2.75) is 24.8 Å². The minimum atomic E-state index is -0.258. The fourth-order valence-corrected chi connectivity index (χ4v) is 6.46. The van der Waals surface area contributed by atoms with E-state index in [1.165, 1.54) is 40.6 Å². The summed E-state index contributed by atoms with van der Waals surface area (Å²) in [7, 11) is 0. The summed E-state index contributed by atoms with van der Waals surface area (Å²) >= 11 is 0. The first kappa shape index (κ1) is 22.7. The zero-order chi connectivity index (χ0) is 24.7. The SMILES string of the molecule is Cc1cc(Nc2ccc(F)cc2)c(C=N)cc1C12CN(Cc3ccccc3)CC1C2c1ccccc1. The molecule has 0 bridgehead atoms. The van der Waals surface area contributed by atoms with Gasteiger partial charge in [0, 0.05) is 54.1 Å². The maximum atomic E-state index is 13.4. The van der Waals surface area contributed by atoms with Gasteiger partial charge in [0.1, 0.15) is 5.82 Å². The molecule has 0 aromatic heterocycles. The lowest BCUT2D eigenvalue weighted by Crippen LogP contribution is -2.29. The van der Waals surface area contributed by atoms with Crippen molar-refractivity contribution in [2.75, 3.05) is 18.4 Å². The molecule has 0 spiro atoms. The predicted molar refractivity (Wildman–Crippen MR) is 145 cm³/mol. The van der Waals surface area contributed by atoms with E-state index in [2.05, 4.69) is 89.9 Å². The van der Waals surface area contributed by atoms with Crippen molar-refractivity contribution in [1.82, 2.24) is 4.90 Å². The van der Waals surface area contributed by atoms with Gasteiger partial charge in [-0.25, -0.2) is 4.39 Å². The summed E-state index contributed by atoms with van der Waals surface area (Å²) in [6.07, 6.45) is 1.43. The van der Waals surface area contributed by atoms with Crippen molar-refractivity contribution in [3.05, 3.63) is 131 Å². The second kappa shape index (κ2) is 9.03. The summed E-state index contributed by atoms with van der Waals surface area (Å²) in [6, 6.07) is 32.4. The first-order valence-electron chi connectivity index (χ1n) is 12.6. The second-order valence-corrected chi connectivity index (χ2v) is 10.2. The topological polar surface area (TPSA) is 39.1 Å². The fourth-order valence-electron chi connectivity index (χ4n) is 6.46. The van der Waals surface area contributed by atoms with Crippen LogP contribution in [0.15, 0.2) is 97.1 Å². The average molecular weight is 476 g/mol. The van der Waals surface area contributed by atoms with Crippen molar-refractivity contribution >= 4 is 17.6 Å². The molecule has 36 heavy (non-hydrogen) atoms. The highest BCUT2D eigenvalue weighted by molar-refractivity contribution is 5.88. The van der Waals surface area contributed by atoms with Gasteiger partial charge in [-0.3, -0.25) is 4.90 Å². The summed E-state index contributed by atoms with van der Waals surface area (Å²) in [5.41, 5.74) is 7.93. The summed E-state index contributed by atoms with van der Waals surface area (Å²) in [6.45, 7) is 5.23. The number of hydrogen-bond donors (Lipinski definition) is 2. The van der Waals surface area contributed by atoms with Crippen LogP contribution in [-0.4, -0.2) is 24.2 Å². The molecule has 6 rings (SSSR count). The van der Waals surface area contributed by atoms with Gasteiger partial charge in [0.25, 0.3) is 0 Å². The molecule has 1 saturated heterocycles. The molecule has 1 aliphatic heterocycles. The van der Waals surface area contributed by atoms with Crippen molar-refractivity contribution in [2.24, 2.45) is 5.92 Å². The minimum absolute atomic E-state index is 0.0480. The van der Waals surface area contributed by atoms with Gasteiger partial charge in [0.2, 0.25) is 0 Å². The molecule has 3 unspecified atom stereocenters. The number of nitrogens with zero attached hydrogens (tertiary/aromatic N) is 1. The van der Waals surface area contributed by atoms with Crippen LogP contribution in [0, 0.1) is 24.1 Å². The smallest absolute Gasteiger partial charge is 0.123 e. The molecule has 3 atom stereocenters. The minimum Gasteiger partial charge on any atom is -0.355 e. The van der Waals surface area contributed by atoms with Gasteiger partial charge in [-0.1, -0.05) is 60.7 Å². The van der Waals surface area contributed by atoms with Gasteiger partial charge >= 0.3 is 0 Å².